The van der Waals surface area contributed by atoms with Crippen LogP contribution >= 0.6 is 0 Å². The lowest BCUT2D eigenvalue weighted by Crippen LogP contribution is -2.57. The molecule has 3 atom stereocenters. The van der Waals surface area contributed by atoms with Gasteiger partial charge in [0.25, 0.3) is 5.69 Å². The number of benzene rings is 1. The number of nitro groups is 1. The van der Waals surface area contributed by atoms with Crippen molar-refractivity contribution in [3.63, 3.8) is 0 Å². The van der Waals surface area contributed by atoms with Gasteiger partial charge in [-0.05, 0) is 33.3 Å². The van der Waals surface area contributed by atoms with Crippen LogP contribution in [0, 0.1) is 16.0 Å². The first-order valence-electron chi connectivity index (χ1n) is 9.74. The summed E-state index contributed by atoms with van der Waals surface area (Å²) < 4.78 is 33.6. The molecule has 0 radical (unpaired) electrons. The van der Waals surface area contributed by atoms with Crippen LogP contribution in [0.15, 0.2) is 29.2 Å². The Morgan fingerprint density at radius 3 is 2.63 bits per heavy atom. The van der Waals surface area contributed by atoms with Crippen molar-refractivity contribution < 1.29 is 27.7 Å². The van der Waals surface area contributed by atoms with E-state index >= 15 is 0 Å². The molecule has 0 N–H and O–H groups in total. The van der Waals surface area contributed by atoms with Crippen LogP contribution in [0.4, 0.5) is 5.69 Å². The molecule has 3 unspecified atom stereocenters. The molecular formula is C19H27N3O7S. The first-order chi connectivity index (χ1) is 13.9. The summed E-state index contributed by atoms with van der Waals surface area (Å²) in [6.07, 6.45) is 0.353. The maximum atomic E-state index is 13.5. The predicted molar refractivity (Wildman–Crippen MR) is 107 cm³/mol. The molecule has 0 saturated carbocycles. The SMILES string of the molecule is CN1OCC2CCN(S(=O)(=O)c3ccccc3[N+](=O)[O-])C(CC(=O)OC(C)(C)C)C21. The highest BCUT2D eigenvalue weighted by Crippen LogP contribution is 2.38. The summed E-state index contributed by atoms with van der Waals surface area (Å²) in [4.78, 5) is 28.5. The van der Waals surface area contributed by atoms with Crippen molar-refractivity contribution in [3.8, 4) is 0 Å². The number of sulfonamides is 1. The standard InChI is InChI=1S/C19H27N3O7S/c1-19(2,3)29-17(23)11-15-18-13(12-28-20(18)4)9-10-21(15)30(26,27)16-8-6-5-7-14(16)22(24)25/h5-8,13,15,18H,9-12H2,1-4H3. The lowest BCUT2D eigenvalue weighted by molar-refractivity contribution is -0.387. The van der Waals surface area contributed by atoms with Crippen molar-refractivity contribution in [2.45, 2.75) is 56.2 Å². The van der Waals surface area contributed by atoms with Gasteiger partial charge in [-0.3, -0.25) is 19.7 Å². The third kappa shape index (κ3) is 4.48. The molecule has 2 aliphatic rings. The van der Waals surface area contributed by atoms with E-state index in [1.165, 1.54) is 22.5 Å². The van der Waals surface area contributed by atoms with Crippen molar-refractivity contribution in [3.05, 3.63) is 34.4 Å². The number of carbonyl (C=O) groups is 1. The molecule has 0 aliphatic carbocycles. The van der Waals surface area contributed by atoms with Crippen LogP contribution in [0.2, 0.25) is 0 Å². The van der Waals surface area contributed by atoms with Gasteiger partial charge in [-0.2, -0.15) is 9.37 Å². The second-order valence-corrected chi connectivity index (χ2v) is 10.4. The van der Waals surface area contributed by atoms with Gasteiger partial charge in [0.05, 0.1) is 30.0 Å². The number of piperidine rings is 1. The summed E-state index contributed by atoms with van der Waals surface area (Å²) in [5.41, 5.74) is -1.21. The van der Waals surface area contributed by atoms with Gasteiger partial charge in [-0.1, -0.05) is 12.1 Å². The van der Waals surface area contributed by atoms with Gasteiger partial charge >= 0.3 is 5.97 Å². The summed E-state index contributed by atoms with van der Waals surface area (Å²) in [6.45, 7) is 5.79. The Bertz CT molecular complexity index is 928. The summed E-state index contributed by atoms with van der Waals surface area (Å²) in [6, 6.07) is 4.12. The van der Waals surface area contributed by atoms with E-state index in [9.17, 15) is 23.3 Å². The third-order valence-corrected chi connectivity index (χ3v) is 7.30. The summed E-state index contributed by atoms with van der Waals surface area (Å²) in [5, 5.41) is 13.0. The van der Waals surface area contributed by atoms with Crippen LogP contribution in [0.1, 0.15) is 33.6 Å². The lowest BCUT2D eigenvalue weighted by Gasteiger charge is -2.42. The maximum absolute atomic E-state index is 13.5. The van der Waals surface area contributed by atoms with Gasteiger partial charge in [-0.15, -0.1) is 0 Å². The highest BCUT2D eigenvalue weighted by Gasteiger charge is 2.50. The molecule has 1 aromatic carbocycles. The number of para-hydroxylation sites is 1. The normalized spacial score (nSPS) is 25.7. The number of hydrogen-bond acceptors (Lipinski definition) is 8. The molecule has 0 amide bonds. The smallest absolute Gasteiger partial charge is 0.307 e. The molecule has 3 rings (SSSR count). The number of rotatable bonds is 5. The van der Waals surface area contributed by atoms with E-state index in [4.69, 9.17) is 9.57 Å². The van der Waals surface area contributed by atoms with Gasteiger partial charge in [0, 0.05) is 25.6 Å². The Hall–Kier alpha value is -2.08. The lowest BCUT2D eigenvalue weighted by atomic mass is 9.86. The largest absolute Gasteiger partial charge is 0.460 e. The fourth-order valence-electron chi connectivity index (χ4n) is 4.16. The van der Waals surface area contributed by atoms with Crippen molar-refractivity contribution in [2.24, 2.45) is 5.92 Å². The molecule has 30 heavy (non-hydrogen) atoms. The van der Waals surface area contributed by atoms with E-state index in [2.05, 4.69) is 0 Å². The van der Waals surface area contributed by atoms with Gasteiger partial charge < -0.3 is 4.74 Å². The molecule has 2 heterocycles. The minimum Gasteiger partial charge on any atom is -0.460 e. The Kier molecular flexibility index (Phi) is 6.19. The van der Waals surface area contributed by atoms with E-state index < -0.39 is 38.2 Å². The van der Waals surface area contributed by atoms with Crippen LogP contribution in [-0.2, 0) is 24.4 Å². The summed E-state index contributed by atoms with van der Waals surface area (Å²) >= 11 is 0. The molecule has 2 saturated heterocycles. The Morgan fingerprint density at radius 2 is 2.00 bits per heavy atom. The van der Waals surface area contributed by atoms with E-state index in [0.29, 0.717) is 13.0 Å². The van der Waals surface area contributed by atoms with Crippen molar-refractivity contribution >= 4 is 21.7 Å². The highest BCUT2D eigenvalue weighted by atomic mass is 32.2. The molecule has 166 valence electrons. The number of carbonyl (C=O) groups excluding carboxylic acids is 1. The van der Waals surface area contributed by atoms with Crippen molar-refractivity contribution in [1.82, 2.24) is 9.37 Å². The second-order valence-electron chi connectivity index (χ2n) is 8.58. The van der Waals surface area contributed by atoms with Crippen LogP contribution in [0.3, 0.4) is 0 Å². The Labute approximate surface area is 175 Å². The van der Waals surface area contributed by atoms with Gasteiger partial charge in [0.2, 0.25) is 10.0 Å². The molecule has 1 aromatic rings. The number of esters is 1. The number of ether oxygens (including phenoxy) is 1. The van der Waals surface area contributed by atoms with Crippen molar-refractivity contribution in [2.75, 3.05) is 20.2 Å². The van der Waals surface area contributed by atoms with Crippen LogP contribution in [-0.4, -0.2) is 66.6 Å². The average molecular weight is 442 g/mol. The molecule has 0 aromatic heterocycles. The van der Waals surface area contributed by atoms with Crippen LogP contribution < -0.4 is 0 Å². The van der Waals surface area contributed by atoms with Gasteiger partial charge in [0.15, 0.2) is 4.90 Å². The zero-order chi connectivity index (χ0) is 22.3. The highest BCUT2D eigenvalue weighted by molar-refractivity contribution is 7.89. The topological polar surface area (TPSA) is 119 Å². The molecule has 11 heteroatoms. The second kappa shape index (κ2) is 8.22. The molecular weight excluding hydrogens is 414 g/mol. The molecule has 0 spiro atoms. The van der Waals surface area contributed by atoms with Crippen molar-refractivity contribution in [1.29, 1.82) is 0 Å². The predicted octanol–water partition coefficient (Wildman–Crippen LogP) is 1.95. The number of likely N-dealkylation sites (N-methyl/N-ethyl adjacent to an activating group) is 1. The Balaban J connectivity index is 2.00. The van der Waals surface area contributed by atoms with E-state index in [0.717, 1.165) is 6.07 Å². The zero-order valence-electron chi connectivity index (χ0n) is 17.5. The first kappa shape index (κ1) is 22.6. The number of hydroxylamine groups is 2. The number of nitro benzene ring substituents is 1. The minimum atomic E-state index is -4.24. The van der Waals surface area contributed by atoms with E-state index in [1.54, 1.807) is 32.9 Å². The van der Waals surface area contributed by atoms with E-state index in [-0.39, 0.29) is 29.8 Å². The first-order valence-corrected chi connectivity index (χ1v) is 11.2. The van der Waals surface area contributed by atoms with Gasteiger partial charge in [-0.25, -0.2) is 8.42 Å². The number of nitrogens with zero attached hydrogens (tertiary/aromatic N) is 3. The maximum Gasteiger partial charge on any atom is 0.307 e. The molecule has 2 aliphatic heterocycles. The average Bonchev–Trinajstić information content (AvgIpc) is 3.01. The summed E-state index contributed by atoms with van der Waals surface area (Å²) in [5.74, 6) is -0.476. The fourth-order valence-corrected chi connectivity index (χ4v) is 5.97. The Morgan fingerprint density at radius 1 is 1.33 bits per heavy atom. The molecule has 10 nitrogen and oxygen atoms in total. The fraction of sp³-hybridized carbons (Fsp3) is 0.632. The molecule has 2 fully saturated rings. The monoisotopic (exact) mass is 441 g/mol. The number of hydrogen-bond donors (Lipinski definition) is 0. The number of fused-ring (bicyclic) bond motifs is 1. The van der Waals surface area contributed by atoms with Gasteiger partial charge in [0.1, 0.15) is 5.60 Å². The zero-order valence-corrected chi connectivity index (χ0v) is 18.3. The van der Waals surface area contributed by atoms with Crippen LogP contribution in [0.5, 0.6) is 0 Å². The summed E-state index contributed by atoms with van der Waals surface area (Å²) in [7, 11) is -2.53. The third-order valence-electron chi connectivity index (χ3n) is 5.32. The quantitative estimate of drug-likeness (QED) is 0.386. The minimum absolute atomic E-state index is 0.0552. The van der Waals surface area contributed by atoms with E-state index in [1.807, 2.05) is 0 Å². The van der Waals surface area contributed by atoms with Crippen LogP contribution in [0.25, 0.3) is 0 Å². The molecule has 0 bridgehead atoms.